The van der Waals surface area contributed by atoms with Crippen molar-refractivity contribution in [1.29, 1.82) is 0 Å². The van der Waals surface area contributed by atoms with Crippen LogP contribution in [0.3, 0.4) is 0 Å². The number of fused-ring (bicyclic) bond motifs is 1. The fourth-order valence-electron chi connectivity index (χ4n) is 1.69. The van der Waals surface area contributed by atoms with Crippen LogP contribution >= 0.6 is 0 Å². The van der Waals surface area contributed by atoms with E-state index in [4.69, 9.17) is 0 Å². The summed E-state index contributed by atoms with van der Waals surface area (Å²) in [7, 11) is 0. The first-order valence-corrected chi connectivity index (χ1v) is 5.82. The molecule has 1 aliphatic heterocycles. The molecule has 0 N–H and O–H groups in total. The molecule has 3 heteroatoms. The summed E-state index contributed by atoms with van der Waals surface area (Å²) in [4.78, 5) is 13.6. The maximum absolute atomic E-state index is 4.63. The number of rotatable bonds is 1. The number of nitrogens with zero attached hydrogens (tertiary/aromatic N) is 3. The van der Waals surface area contributed by atoms with Crippen LogP contribution in [0, 0.1) is 5.92 Å². The maximum atomic E-state index is 4.63. The summed E-state index contributed by atoms with van der Waals surface area (Å²) in [5.41, 5.74) is 3.27. The lowest BCUT2D eigenvalue weighted by Crippen LogP contribution is -2.17. The van der Waals surface area contributed by atoms with Crippen LogP contribution < -0.4 is 0 Å². The molecule has 0 fully saturated rings. The normalized spacial score (nSPS) is 15.2. The molecule has 2 rings (SSSR count). The minimum absolute atomic E-state index is 0.00954. The van der Waals surface area contributed by atoms with Crippen molar-refractivity contribution in [3.63, 3.8) is 0 Å². The second kappa shape index (κ2) is 3.65. The zero-order valence-electron chi connectivity index (χ0n) is 10.7. The summed E-state index contributed by atoms with van der Waals surface area (Å²) in [6.07, 6.45) is 2.75. The lowest BCUT2D eigenvalue weighted by Gasteiger charge is -2.16. The van der Waals surface area contributed by atoms with Gasteiger partial charge in [-0.05, 0) is 5.92 Å². The Labute approximate surface area is 97.0 Å². The molecule has 0 amide bonds. The molecular weight excluding hydrogens is 198 g/mol. The molecule has 0 saturated heterocycles. The van der Waals surface area contributed by atoms with Crippen LogP contribution in [0.5, 0.6) is 0 Å². The van der Waals surface area contributed by atoms with Crippen molar-refractivity contribution >= 4 is 11.4 Å². The highest BCUT2D eigenvalue weighted by molar-refractivity contribution is 5.94. The molecule has 0 radical (unpaired) electrons. The fraction of sp³-hybridized carbons (Fsp3) is 0.615. The molecule has 86 valence electrons. The van der Waals surface area contributed by atoms with E-state index in [1.54, 1.807) is 0 Å². The Bertz CT molecular complexity index is 439. The van der Waals surface area contributed by atoms with E-state index >= 15 is 0 Å². The molecule has 1 aromatic heterocycles. The topological polar surface area (TPSA) is 38.1 Å². The molecule has 0 aromatic carbocycles. The van der Waals surface area contributed by atoms with Crippen LogP contribution in [0.4, 0.5) is 5.69 Å². The quantitative estimate of drug-likeness (QED) is 0.725. The first-order valence-electron chi connectivity index (χ1n) is 5.82. The van der Waals surface area contributed by atoms with Gasteiger partial charge in [0.1, 0.15) is 11.5 Å². The van der Waals surface area contributed by atoms with Crippen molar-refractivity contribution in [2.24, 2.45) is 10.9 Å². The molecule has 1 aliphatic rings. The average Bonchev–Trinajstić information content (AvgIpc) is 2.58. The van der Waals surface area contributed by atoms with Gasteiger partial charge in [-0.2, -0.15) is 0 Å². The molecule has 16 heavy (non-hydrogen) atoms. The molecule has 3 nitrogen and oxygen atoms in total. The lowest BCUT2D eigenvalue weighted by molar-refractivity contribution is 0.543. The molecular formula is C13H19N3. The maximum Gasteiger partial charge on any atom is 0.134 e. The first-order chi connectivity index (χ1) is 7.38. The van der Waals surface area contributed by atoms with Gasteiger partial charge in [-0.25, -0.2) is 9.97 Å². The van der Waals surface area contributed by atoms with Crippen LogP contribution in [-0.4, -0.2) is 15.7 Å². The zero-order valence-corrected chi connectivity index (χ0v) is 10.7. The Hall–Kier alpha value is -1.25. The largest absolute Gasteiger partial charge is 0.254 e. The van der Waals surface area contributed by atoms with E-state index in [1.807, 2.05) is 6.20 Å². The van der Waals surface area contributed by atoms with Gasteiger partial charge < -0.3 is 0 Å². The lowest BCUT2D eigenvalue weighted by atomic mass is 9.95. The number of aliphatic imine (C=N–C) groups is 1. The second-order valence-corrected chi connectivity index (χ2v) is 5.71. The van der Waals surface area contributed by atoms with Crippen LogP contribution in [0.1, 0.15) is 46.1 Å². The van der Waals surface area contributed by atoms with Gasteiger partial charge >= 0.3 is 0 Å². The van der Waals surface area contributed by atoms with Crippen LogP contribution in [0.15, 0.2) is 11.2 Å². The van der Waals surface area contributed by atoms with E-state index in [0.717, 1.165) is 23.6 Å². The van der Waals surface area contributed by atoms with Crippen molar-refractivity contribution < 1.29 is 0 Å². The summed E-state index contributed by atoms with van der Waals surface area (Å²) in [5.74, 6) is 1.40. The minimum Gasteiger partial charge on any atom is -0.254 e. The van der Waals surface area contributed by atoms with Crippen molar-refractivity contribution in [2.75, 3.05) is 0 Å². The summed E-state index contributed by atoms with van der Waals surface area (Å²) in [6.45, 7) is 10.7. The van der Waals surface area contributed by atoms with E-state index in [0.29, 0.717) is 5.92 Å². The van der Waals surface area contributed by atoms with Crippen LogP contribution in [0.25, 0.3) is 0 Å². The third-order valence-electron chi connectivity index (χ3n) is 2.80. The van der Waals surface area contributed by atoms with Gasteiger partial charge in [0.15, 0.2) is 0 Å². The van der Waals surface area contributed by atoms with Crippen molar-refractivity contribution in [3.8, 4) is 0 Å². The SMILES string of the molecule is CC(C)C1=Nc2cnc(C(C)(C)C)nc2C1. The van der Waals surface area contributed by atoms with Crippen LogP contribution in [-0.2, 0) is 11.8 Å². The third kappa shape index (κ3) is 1.99. The predicted molar refractivity (Wildman–Crippen MR) is 66.4 cm³/mol. The molecule has 2 heterocycles. The Kier molecular flexibility index (Phi) is 2.56. The highest BCUT2D eigenvalue weighted by Crippen LogP contribution is 2.28. The minimum atomic E-state index is 0.00954. The Morgan fingerprint density at radius 3 is 2.50 bits per heavy atom. The Balaban J connectivity index is 2.34. The van der Waals surface area contributed by atoms with E-state index in [2.05, 4.69) is 49.6 Å². The molecule has 0 unspecified atom stereocenters. The monoisotopic (exact) mass is 217 g/mol. The Morgan fingerprint density at radius 2 is 1.94 bits per heavy atom. The fourth-order valence-corrected chi connectivity index (χ4v) is 1.69. The molecule has 0 saturated carbocycles. The molecule has 1 aromatic rings. The second-order valence-electron chi connectivity index (χ2n) is 5.71. The van der Waals surface area contributed by atoms with Gasteiger partial charge in [0.25, 0.3) is 0 Å². The summed E-state index contributed by atoms with van der Waals surface area (Å²) in [6, 6.07) is 0. The predicted octanol–water partition coefficient (Wildman–Crippen LogP) is 3.06. The van der Waals surface area contributed by atoms with Gasteiger partial charge in [-0.3, -0.25) is 4.99 Å². The highest BCUT2D eigenvalue weighted by atomic mass is 15.0. The average molecular weight is 217 g/mol. The Morgan fingerprint density at radius 1 is 1.25 bits per heavy atom. The smallest absolute Gasteiger partial charge is 0.134 e. The molecule has 0 spiro atoms. The van der Waals surface area contributed by atoms with Crippen molar-refractivity contribution in [1.82, 2.24) is 9.97 Å². The van der Waals surface area contributed by atoms with E-state index in [9.17, 15) is 0 Å². The molecule has 0 aliphatic carbocycles. The third-order valence-corrected chi connectivity index (χ3v) is 2.80. The van der Waals surface area contributed by atoms with Gasteiger partial charge in [-0.1, -0.05) is 34.6 Å². The van der Waals surface area contributed by atoms with E-state index in [-0.39, 0.29) is 5.41 Å². The van der Waals surface area contributed by atoms with Crippen LogP contribution in [0.2, 0.25) is 0 Å². The zero-order chi connectivity index (χ0) is 11.9. The van der Waals surface area contributed by atoms with Gasteiger partial charge in [0, 0.05) is 17.5 Å². The van der Waals surface area contributed by atoms with E-state index in [1.165, 1.54) is 5.71 Å². The van der Waals surface area contributed by atoms with Gasteiger partial charge in [0.05, 0.1) is 11.9 Å². The number of hydrogen-bond donors (Lipinski definition) is 0. The van der Waals surface area contributed by atoms with Crippen molar-refractivity contribution in [2.45, 2.75) is 46.5 Å². The summed E-state index contributed by atoms with van der Waals surface area (Å²) in [5, 5.41) is 0. The van der Waals surface area contributed by atoms with Gasteiger partial charge in [-0.15, -0.1) is 0 Å². The highest BCUT2D eigenvalue weighted by Gasteiger charge is 2.23. The molecule has 0 atom stereocenters. The van der Waals surface area contributed by atoms with E-state index < -0.39 is 0 Å². The molecule has 0 bridgehead atoms. The standard InChI is InChI=1S/C13H19N3/c1-8(2)9-6-10-11(15-9)7-14-12(16-10)13(3,4)5/h7-8H,6H2,1-5H3. The van der Waals surface area contributed by atoms with Crippen molar-refractivity contribution in [3.05, 3.63) is 17.7 Å². The first kappa shape index (κ1) is 11.2. The summed E-state index contributed by atoms with van der Waals surface area (Å²) < 4.78 is 0. The number of aromatic nitrogens is 2. The summed E-state index contributed by atoms with van der Waals surface area (Å²) >= 11 is 0. The number of hydrogen-bond acceptors (Lipinski definition) is 3. The van der Waals surface area contributed by atoms with Gasteiger partial charge in [0.2, 0.25) is 0 Å².